The van der Waals surface area contributed by atoms with Crippen molar-refractivity contribution in [1.29, 1.82) is 0 Å². The third-order valence-electron chi connectivity index (χ3n) is 3.27. The molecule has 2 aromatic rings. The largest absolute Gasteiger partial charge is 0.369 e. The summed E-state index contributed by atoms with van der Waals surface area (Å²) < 4.78 is 0. The normalized spacial score (nSPS) is 10.0. The van der Waals surface area contributed by atoms with E-state index in [4.69, 9.17) is 5.73 Å². The van der Waals surface area contributed by atoms with Crippen molar-refractivity contribution >= 4 is 23.4 Å². The number of nitrogens with one attached hydrogen (secondary N) is 2. The Kier molecular flexibility index (Phi) is 6.08. The molecule has 0 saturated heterocycles. The van der Waals surface area contributed by atoms with Gasteiger partial charge >= 0.3 is 0 Å². The zero-order valence-corrected chi connectivity index (χ0v) is 13.1. The number of carbonyl (C=O) groups is 3. The molecular formula is C18H19N3O3. The van der Waals surface area contributed by atoms with Crippen molar-refractivity contribution in [2.45, 2.75) is 12.8 Å². The second-order valence-electron chi connectivity index (χ2n) is 5.33. The molecule has 6 heteroatoms. The number of hydrogen-bond acceptors (Lipinski definition) is 3. The maximum atomic E-state index is 11.8. The first-order valence-electron chi connectivity index (χ1n) is 7.50. The highest BCUT2D eigenvalue weighted by Gasteiger charge is 2.07. The van der Waals surface area contributed by atoms with Crippen molar-refractivity contribution < 1.29 is 14.4 Å². The van der Waals surface area contributed by atoms with Crippen LogP contribution in [-0.2, 0) is 27.2 Å². The number of nitrogens with two attached hydrogens (primary N) is 1. The van der Waals surface area contributed by atoms with Crippen LogP contribution in [0.5, 0.6) is 0 Å². The van der Waals surface area contributed by atoms with Crippen LogP contribution in [0, 0.1) is 0 Å². The van der Waals surface area contributed by atoms with Gasteiger partial charge in [0.25, 0.3) is 0 Å². The quantitative estimate of drug-likeness (QED) is 0.708. The van der Waals surface area contributed by atoms with Crippen molar-refractivity contribution in [3.8, 4) is 0 Å². The third-order valence-corrected chi connectivity index (χ3v) is 3.27. The van der Waals surface area contributed by atoms with Gasteiger partial charge < -0.3 is 16.4 Å². The van der Waals surface area contributed by atoms with Crippen LogP contribution in [0.3, 0.4) is 0 Å². The van der Waals surface area contributed by atoms with E-state index in [9.17, 15) is 14.4 Å². The Hall–Kier alpha value is -3.15. The summed E-state index contributed by atoms with van der Waals surface area (Å²) in [7, 11) is 0. The number of carbonyl (C=O) groups excluding carboxylic acids is 3. The Morgan fingerprint density at radius 3 is 2.04 bits per heavy atom. The summed E-state index contributed by atoms with van der Waals surface area (Å²) in [4.78, 5) is 34.4. The molecule has 3 amide bonds. The molecule has 0 aliphatic heterocycles. The fraction of sp³-hybridized carbons (Fsp3) is 0.167. The van der Waals surface area contributed by atoms with E-state index in [2.05, 4.69) is 10.6 Å². The Labute approximate surface area is 140 Å². The van der Waals surface area contributed by atoms with Crippen LogP contribution in [0.15, 0.2) is 54.6 Å². The standard InChI is InChI=1S/C18H19N3O3/c19-16(22)10-14-6-8-15(9-7-14)21-18(24)12-20-17(23)11-13-4-2-1-3-5-13/h1-9H,10-12H2,(H2,19,22)(H,20,23)(H,21,24). The van der Waals surface area contributed by atoms with Gasteiger partial charge in [-0.1, -0.05) is 42.5 Å². The van der Waals surface area contributed by atoms with Crippen LogP contribution >= 0.6 is 0 Å². The SMILES string of the molecule is NC(=O)Cc1ccc(NC(=O)CNC(=O)Cc2ccccc2)cc1. The van der Waals surface area contributed by atoms with E-state index in [0.717, 1.165) is 11.1 Å². The van der Waals surface area contributed by atoms with Gasteiger partial charge in [0, 0.05) is 5.69 Å². The van der Waals surface area contributed by atoms with Crippen molar-refractivity contribution in [2.24, 2.45) is 5.73 Å². The van der Waals surface area contributed by atoms with E-state index in [1.807, 2.05) is 30.3 Å². The van der Waals surface area contributed by atoms with Gasteiger partial charge in [-0.05, 0) is 23.3 Å². The van der Waals surface area contributed by atoms with E-state index < -0.39 is 5.91 Å². The Bertz CT molecular complexity index is 712. The molecule has 0 unspecified atom stereocenters. The molecule has 6 nitrogen and oxygen atoms in total. The Morgan fingerprint density at radius 2 is 1.42 bits per heavy atom. The molecule has 0 saturated carbocycles. The number of primary amides is 1. The molecule has 0 radical (unpaired) electrons. The number of anilines is 1. The molecule has 0 fully saturated rings. The van der Waals surface area contributed by atoms with Crippen LogP contribution in [0.4, 0.5) is 5.69 Å². The van der Waals surface area contributed by atoms with E-state index >= 15 is 0 Å². The van der Waals surface area contributed by atoms with E-state index in [1.54, 1.807) is 24.3 Å². The second-order valence-corrected chi connectivity index (χ2v) is 5.33. The average molecular weight is 325 g/mol. The minimum absolute atomic E-state index is 0.102. The van der Waals surface area contributed by atoms with Gasteiger partial charge in [0.15, 0.2) is 0 Å². The van der Waals surface area contributed by atoms with Crippen LogP contribution in [-0.4, -0.2) is 24.3 Å². The van der Waals surface area contributed by atoms with Crippen LogP contribution in [0.2, 0.25) is 0 Å². The summed E-state index contributed by atoms with van der Waals surface area (Å²) in [5.74, 6) is -0.944. The molecular weight excluding hydrogens is 306 g/mol. The molecule has 0 aliphatic rings. The highest BCUT2D eigenvalue weighted by molar-refractivity contribution is 5.94. The summed E-state index contributed by atoms with van der Waals surface area (Å²) in [5.41, 5.74) is 7.37. The lowest BCUT2D eigenvalue weighted by molar-refractivity contribution is -0.123. The minimum Gasteiger partial charge on any atom is -0.369 e. The molecule has 0 aromatic heterocycles. The zero-order valence-electron chi connectivity index (χ0n) is 13.1. The molecule has 124 valence electrons. The fourth-order valence-electron chi connectivity index (χ4n) is 2.13. The van der Waals surface area contributed by atoms with Gasteiger partial charge in [0.1, 0.15) is 0 Å². The first-order valence-corrected chi connectivity index (χ1v) is 7.50. The summed E-state index contributed by atoms with van der Waals surface area (Å²) in [6.07, 6.45) is 0.389. The Balaban J connectivity index is 1.76. The van der Waals surface area contributed by atoms with E-state index in [0.29, 0.717) is 5.69 Å². The molecule has 0 heterocycles. The average Bonchev–Trinajstić information content (AvgIpc) is 2.55. The molecule has 2 aromatic carbocycles. The molecule has 0 atom stereocenters. The molecule has 0 spiro atoms. The van der Waals surface area contributed by atoms with Crippen LogP contribution in [0.25, 0.3) is 0 Å². The second kappa shape index (κ2) is 8.47. The summed E-state index contributed by atoms with van der Waals surface area (Å²) in [6.45, 7) is -0.102. The molecule has 0 aliphatic carbocycles. The maximum absolute atomic E-state index is 11.8. The van der Waals surface area contributed by atoms with Crippen LogP contribution < -0.4 is 16.4 Å². The lowest BCUT2D eigenvalue weighted by Crippen LogP contribution is -2.33. The predicted molar refractivity (Wildman–Crippen MR) is 91.1 cm³/mol. The highest BCUT2D eigenvalue weighted by atomic mass is 16.2. The summed E-state index contributed by atoms with van der Waals surface area (Å²) in [6, 6.07) is 16.1. The minimum atomic E-state index is -0.409. The number of amides is 3. The van der Waals surface area contributed by atoms with Crippen molar-refractivity contribution in [2.75, 3.05) is 11.9 Å². The molecule has 4 N–H and O–H groups in total. The number of benzene rings is 2. The van der Waals surface area contributed by atoms with Gasteiger partial charge in [-0.3, -0.25) is 14.4 Å². The third kappa shape index (κ3) is 5.92. The highest BCUT2D eigenvalue weighted by Crippen LogP contribution is 2.09. The van der Waals surface area contributed by atoms with Gasteiger partial charge in [-0.25, -0.2) is 0 Å². The summed E-state index contributed by atoms with van der Waals surface area (Å²) in [5, 5.41) is 5.25. The number of rotatable bonds is 7. The monoisotopic (exact) mass is 325 g/mol. The smallest absolute Gasteiger partial charge is 0.243 e. The molecule has 0 bridgehead atoms. The molecule has 2 rings (SSSR count). The van der Waals surface area contributed by atoms with Crippen molar-refractivity contribution in [1.82, 2.24) is 5.32 Å². The number of hydrogen-bond donors (Lipinski definition) is 3. The lowest BCUT2D eigenvalue weighted by atomic mass is 10.1. The van der Waals surface area contributed by atoms with Crippen molar-refractivity contribution in [3.63, 3.8) is 0 Å². The van der Waals surface area contributed by atoms with Gasteiger partial charge in [-0.15, -0.1) is 0 Å². The van der Waals surface area contributed by atoms with Crippen molar-refractivity contribution in [3.05, 3.63) is 65.7 Å². The van der Waals surface area contributed by atoms with Gasteiger partial charge in [0.2, 0.25) is 17.7 Å². The lowest BCUT2D eigenvalue weighted by Gasteiger charge is -2.08. The topological polar surface area (TPSA) is 101 Å². The van der Waals surface area contributed by atoms with E-state index in [-0.39, 0.29) is 31.2 Å². The first kappa shape index (κ1) is 17.2. The summed E-state index contributed by atoms with van der Waals surface area (Å²) >= 11 is 0. The Morgan fingerprint density at radius 1 is 0.792 bits per heavy atom. The van der Waals surface area contributed by atoms with Crippen LogP contribution in [0.1, 0.15) is 11.1 Å². The van der Waals surface area contributed by atoms with Gasteiger partial charge in [0.05, 0.1) is 19.4 Å². The first-order chi connectivity index (χ1) is 11.5. The fourth-order valence-corrected chi connectivity index (χ4v) is 2.13. The van der Waals surface area contributed by atoms with Gasteiger partial charge in [-0.2, -0.15) is 0 Å². The maximum Gasteiger partial charge on any atom is 0.243 e. The zero-order chi connectivity index (χ0) is 17.4. The molecule has 24 heavy (non-hydrogen) atoms. The van der Waals surface area contributed by atoms with E-state index in [1.165, 1.54) is 0 Å². The predicted octanol–water partition coefficient (Wildman–Crippen LogP) is 1.01.